The second kappa shape index (κ2) is 10.6. The monoisotopic (exact) mass is 447 g/mol. The fourth-order valence-corrected chi connectivity index (χ4v) is 4.26. The Kier molecular flexibility index (Phi) is 7.89. The van der Waals surface area contributed by atoms with Crippen molar-refractivity contribution in [2.75, 3.05) is 50.7 Å². The van der Waals surface area contributed by atoms with Gasteiger partial charge in [-0.25, -0.2) is 8.42 Å². The number of nitrogens with one attached hydrogen (secondary N) is 2. The zero-order chi connectivity index (χ0) is 22.3. The van der Waals surface area contributed by atoms with E-state index in [9.17, 15) is 13.2 Å². The Morgan fingerprint density at radius 3 is 2.52 bits per heavy atom. The molecule has 0 radical (unpaired) electrons. The second-order valence-electron chi connectivity index (χ2n) is 7.49. The predicted octanol–water partition coefficient (Wildman–Crippen LogP) is 1.93. The van der Waals surface area contributed by atoms with E-state index in [0.29, 0.717) is 18.0 Å². The van der Waals surface area contributed by atoms with Crippen molar-refractivity contribution in [1.29, 1.82) is 0 Å². The van der Waals surface area contributed by atoms with Crippen LogP contribution in [0, 0.1) is 13.8 Å². The van der Waals surface area contributed by atoms with Gasteiger partial charge in [0, 0.05) is 26.2 Å². The number of anilines is 1. The molecule has 31 heavy (non-hydrogen) atoms. The lowest BCUT2D eigenvalue weighted by molar-refractivity contribution is -0.123. The molecule has 1 saturated heterocycles. The van der Waals surface area contributed by atoms with Crippen molar-refractivity contribution in [3.63, 3.8) is 0 Å². The first-order chi connectivity index (χ1) is 14.8. The average molecular weight is 448 g/mol. The van der Waals surface area contributed by atoms with E-state index >= 15 is 0 Å². The zero-order valence-corrected chi connectivity index (χ0v) is 18.7. The van der Waals surface area contributed by atoms with Crippen molar-refractivity contribution in [3.05, 3.63) is 53.6 Å². The highest BCUT2D eigenvalue weighted by atomic mass is 32.2. The number of carbonyl (C=O) groups excluding carboxylic acids is 1. The van der Waals surface area contributed by atoms with Crippen molar-refractivity contribution >= 4 is 21.6 Å². The van der Waals surface area contributed by atoms with E-state index in [1.54, 1.807) is 18.2 Å². The Balaban J connectivity index is 1.47. The molecule has 2 aromatic rings. The van der Waals surface area contributed by atoms with Gasteiger partial charge in [-0.1, -0.05) is 12.1 Å². The van der Waals surface area contributed by atoms with E-state index in [1.165, 1.54) is 12.1 Å². The van der Waals surface area contributed by atoms with Crippen LogP contribution >= 0.6 is 0 Å². The molecule has 168 valence electrons. The Hall–Kier alpha value is -2.62. The second-order valence-corrected chi connectivity index (χ2v) is 9.17. The van der Waals surface area contributed by atoms with Gasteiger partial charge in [-0.3, -0.25) is 14.4 Å². The maximum atomic E-state index is 12.7. The van der Waals surface area contributed by atoms with E-state index in [2.05, 4.69) is 14.9 Å². The van der Waals surface area contributed by atoms with Gasteiger partial charge in [-0.15, -0.1) is 0 Å². The molecule has 1 amide bonds. The van der Waals surface area contributed by atoms with Crippen LogP contribution in [0.25, 0.3) is 0 Å². The topological polar surface area (TPSA) is 97.0 Å². The zero-order valence-electron chi connectivity index (χ0n) is 17.9. The summed E-state index contributed by atoms with van der Waals surface area (Å²) in [6.45, 7) is 8.14. The molecule has 0 aliphatic carbocycles. The Morgan fingerprint density at radius 2 is 1.81 bits per heavy atom. The summed E-state index contributed by atoms with van der Waals surface area (Å²) in [4.78, 5) is 14.3. The number of hydrogen-bond acceptors (Lipinski definition) is 6. The summed E-state index contributed by atoms with van der Waals surface area (Å²) in [5, 5.41) is 2.82. The molecular weight excluding hydrogens is 418 g/mol. The number of sulfonamides is 1. The van der Waals surface area contributed by atoms with E-state index in [4.69, 9.17) is 9.47 Å². The number of carbonyl (C=O) groups is 1. The number of aryl methyl sites for hydroxylation is 2. The van der Waals surface area contributed by atoms with Crippen LogP contribution in [0.5, 0.6) is 5.75 Å². The number of morpholine rings is 1. The van der Waals surface area contributed by atoms with Crippen LogP contribution in [0.2, 0.25) is 0 Å². The van der Waals surface area contributed by atoms with E-state index in [1.807, 2.05) is 26.0 Å². The van der Waals surface area contributed by atoms with Gasteiger partial charge in [0.2, 0.25) is 0 Å². The Morgan fingerprint density at radius 1 is 1.10 bits per heavy atom. The molecule has 0 atom stereocenters. The molecule has 1 heterocycles. The molecule has 2 aromatic carbocycles. The Labute approximate surface area is 183 Å². The summed E-state index contributed by atoms with van der Waals surface area (Å²) < 4.78 is 38.7. The number of hydrogen-bond donors (Lipinski definition) is 2. The highest BCUT2D eigenvalue weighted by molar-refractivity contribution is 7.92. The molecule has 0 aromatic heterocycles. The molecule has 9 heteroatoms. The van der Waals surface area contributed by atoms with Crippen LogP contribution in [0.1, 0.15) is 11.1 Å². The van der Waals surface area contributed by atoms with E-state index < -0.39 is 10.0 Å². The highest BCUT2D eigenvalue weighted by Crippen LogP contribution is 2.22. The molecule has 0 spiro atoms. The molecule has 1 fully saturated rings. The van der Waals surface area contributed by atoms with Crippen LogP contribution in [0.3, 0.4) is 0 Å². The lowest BCUT2D eigenvalue weighted by Crippen LogP contribution is -2.42. The third-order valence-electron chi connectivity index (χ3n) is 5.00. The molecule has 3 rings (SSSR count). The van der Waals surface area contributed by atoms with Crippen molar-refractivity contribution in [2.45, 2.75) is 18.7 Å². The summed E-state index contributed by atoms with van der Waals surface area (Å²) in [6.07, 6.45) is 0. The largest absolute Gasteiger partial charge is 0.484 e. The lowest BCUT2D eigenvalue weighted by Gasteiger charge is -2.26. The Bertz CT molecular complexity index is 987. The third-order valence-corrected chi connectivity index (χ3v) is 6.38. The van der Waals surface area contributed by atoms with Crippen LogP contribution < -0.4 is 14.8 Å². The predicted molar refractivity (Wildman–Crippen MR) is 119 cm³/mol. The van der Waals surface area contributed by atoms with Gasteiger partial charge in [0.15, 0.2) is 6.61 Å². The van der Waals surface area contributed by atoms with Gasteiger partial charge < -0.3 is 14.8 Å². The minimum Gasteiger partial charge on any atom is -0.484 e. The molecular formula is C22H29N3O5S. The number of benzene rings is 2. The van der Waals surface area contributed by atoms with Crippen LogP contribution in [0.4, 0.5) is 5.69 Å². The van der Waals surface area contributed by atoms with Crippen molar-refractivity contribution in [3.8, 4) is 5.75 Å². The SMILES string of the molecule is Cc1ccc(C)c(NS(=O)(=O)c2ccc(OCC(=O)NCCN3CCOCC3)cc2)c1. The van der Waals surface area contributed by atoms with E-state index in [-0.39, 0.29) is 17.4 Å². The minimum atomic E-state index is -3.72. The molecule has 2 N–H and O–H groups in total. The average Bonchev–Trinajstić information content (AvgIpc) is 2.76. The molecule has 0 bridgehead atoms. The first kappa shape index (κ1) is 23.1. The maximum Gasteiger partial charge on any atom is 0.261 e. The van der Waals surface area contributed by atoms with Crippen LogP contribution in [-0.4, -0.2) is 65.2 Å². The summed E-state index contributed by atoms with van der Waals surface area (Å²) in [5.41, 5.74) is 2.36. The lowest BCUT2D eigenvalue weighted by atomic mass is 10.1. The summed E-state index contributed by atoms with van der Waals surface area (Å²) in [6, 6.07) is 11.6. The van der Waals surface area contributed by atoms with Gasteiger partial charge in [-0.2, -0.15) is 0 Å². The maximum absolute atomic E-state index is 12.7. The summed E-state index contributed by atoms with van der Waals surface area (Å²) in [5.74, 6) is 0.204. The van der Waals surface area contributed by atoms with Crippen molar-refractivity contribution < 1.29 is 22.7 Å². The van der Waals surface area contributed by atoms with Crippen LogP contribution in [-0.2, 0) is 19.6 Å². The fourth-order valence-electron chi connectivity index (χ4n) is 3.14. The number of nitrogens with zero attached hydrogens (tertiary/aromatic N) is 1. The number of ether oxygens (including phenoxy) is 2. The summed E-state index contributed by atoms with van der Waals surface area (Å²) >= 11 is 0. The molecule has 1 aliphatic heterocycles. The molecule has 8 nitrogen and oxygen atoms in total. The first-order valence-electron chi connectivity index (χ1n) is 10.2. The van der Waals surface area contributed by atoms with Gasteiger partial charge >= 0.3 is 0 Å². The van der Waals surface area contributed by atoms with Crippen molar-refractivity contribution in [2.24, 2.45) is 0 Å². The smallest absolute Gasteiger partial charge is 0.261 e. The molecule has 0 unspecified atom stereocenters. The molecule has 1 aliphatic rings. The van der Waals surface area contributed by atoms with Gasteiger partial charge in [0.1, 0.15) is 5.75 Å². The van der Waals surface area contributed by atoms with Gasteiger partial charge in [-0.05, 0) is 55.3 Å². The van der Waals surface area contributed by atoms with Gasteiger partial charge in [0.05, 0.1) is 23.8 Å². The normalized spacial score (nSPS) is 14.8. The van der Waals surface area contributed by atoms with Crippen molar-refractivity contribution in [1.82, 2.24) is 10.2 Å². The van der Waals surface area contributed by atoms with Crippen LogP contribution in [0.15, 0.2) is 47.4 Å². The number of amides is 1. The third kappa shape index (κ3) is 6.95. The summed E-state index contributed by atoms with van der Waals surface area (Å²) in [7, 11) is -3.72. The molecule has 0 saturated carbocycles. The van der Waals surface area contributed by atoms with Gasteiger partial charge in [0.25, 0.3) is 15.9 Å². The standard InChI is InChI=1S/C22H29N3O5S/c1-17-3-4-18(2)21(15-17)24-31(27,28)20-7-5-19(6-8-20)30-16-22(26)23-9-10-25-11-13-29-14-12-25/h3-8,15,24H,9-14,16H2,1-2H3,(H,23,26). The quantitative estimate of drug-likeness (QED) is 0.610. The first-order valence-corrected chi connectivity index (χ1v) is 11.7. The fraction of sp³-hybridized carbons (Fsp3) is 0.409. The number of rotatable bonds is 9. The van der Waals surface area contributed by atoms with E-state index in [0.717, 1.165) is 44.0 Å². The highest BCUT2D eigenvalue weighted by Gasteiger charge is 2.16. The minimum absolute atomic E-state index is 0.121.